The molecule has 1 N–H and O–H groups in total. The number of nitrogens with one attached hydrogen (secondary N) is 1. The molecule has 3 rings (SSSR count). The first kappa shape index (κ1) is 14.3. The molecular formula is C17H15FN2O2. The normalized spacial score (nSPS) is 17.6. The van der Waals surface area contributed by atoms with Crippen LogP contribution in [0.15, 0.2) is 54.6 Å². The highest BCUT2D eigenvalue weighted by molar-refractivity contribution is 6.13. The molecule has 0 bridgehead atoms. The summed E-state index contributed by atoms with van der Waals surface area (Å²) in [5, 5.41) is 2.60. The second kappa shape index (κ2) is 5.97. The van der Waals surface area contributed by atoms with Crippen molar-refractivity contribution >= 4 is 23.2 Å². The third-order valence-electron chi connectivity index (χ3n) is 3.68. The summed E-state index contributed by atoms with van der Waals surface area (Å²) >= 11 is 0. The van der Waals surface area contributed by atoms with Crippen molar-refractivity contribution in [3.8, 4) is 0 Å². The van der Waals surface area contributed by atoms with Gasteiger partial charge in [-0.15, -0.1) is 0 Å². The largest absolute Gasteiger partial charge is 0.325 e. The van der Waals surface area contributed by atoms with Crippen LogP contribution in [0.2, 0.25) is 0 Å². The van der Waals surface area contributed by atoms with Crippen molar-refractivity contribution in [3.63, 3.8) is 0 Å². The second-order valence-corrected chi connectivity index (χ2v) is 5.17. The highest BCUT2D eigenvalue weighted by atomic mass is 19.1. The van der Waals surface area contributed by atoms with Gasteiger partial charge in [-0.25, -0.2) is 4.39 Å². The molecule has 1 aliphatic heterocycles. The Morgan fingerprint density at radius 3 is 2.64 bits per heavy atom. The SMILES string of the molecule is O=C(Nc1cccc(F)c1)C1CCN(c2ccccc2)C1=O. The van der Waals surface area contributed by atoms with E-state index in [1.54, 1.807) is 11.0 Å². The van der Waals surface area contributed by atoms with Gasteiger partial charge in [-0.3, -0.25) is 9.59 Å². The lowest BCUT2D eigenvalue weighted by atomic mass is 10.1. The lowest BCUT2D eigenvalue weighted by molar-refractivity contribution is -0.129. The van der Waals surface area contributed by atoms with Crippen LogP contribution in [-0.2, 0) is 9.59 Å². The number of carbonyl (C=O) groups is 2. The smallest absolute Gasteiger partial charge is 0.239 e. The molecule has 112 valence electrons. The first-order valence-electron chi connectivity index (χ1n) is 7.08. The van der Waals surface area contributed by atoms with E-state index in [4.69, 9.17) is 0 Å². The molecule has 0 aromatic heterocycles. The average Bonchev–Trinajstić information content (AvgIpc) is 2.90. The topological polar surface area (TPSA) is 49.4 Å². The minimum Gasteiger partial charge on any atom is -0.325 e. The van der Waals surface area contributed by atoms with E-state index in [1.807, 2.05) is 30.3 Å². The van der Waals surface area contributed by atoms with Crippen LogP contribution in [0, 0.1) is 11.7 Å². The molecule has 1 heterocycles. The Labute approximate surface area is 127 Å². The summed E-state index contributed by atoms with van der Waals surface area (Å²) in [7, 11) is 0. The third-order valence-corrected chi connectivity index (χ3v) is 3.68. The zero-order valence-corrected chi connectivity index (χ0v) is 11.8. The number of hydrogen-bond donors (Lipinski definition) is 1. The van der Waals surface area contributed by atoms with Crippen LogP contribution in [0.3, 0.4) is 0 Å². The zero-order valence-electron chi connectivity index (χ0n) is 11.8. The van der Waals surface area contributed by atoms with Gasteiger partial charge in [-0.1, -0.05) is 24.3 Å². The van der Waals surface area contributed by atoms with Gasteiger partial charge in [-0.05, 0) is 36.8 Å². The molecule has 0 spiro atoms. The van der Waals surface area contributed by atoms with Crippen molar-refractivity contribution in [1.82, 2.24) is 0 Å². The molecule has 1 aliphatic rings. The van der Waals surface area contributed by atoms with Crippen LogP contribution in [-0.4, -0.2) is 18.4 Å². The Morgan fingerprint density at radius 1 is 1.14 bits per heavy atom. The number of amides is 2. The lowest BCUT2D eigenvalue weighted by Gasteiger charge is -2.16. The van der Waals surface area contributed by atoms with E-state index in [1.165, 1.54) is 18.2 Å². The maximum atomic E-state index is 13.1. The average molecular weight is 298 g/mol. The number of carbonyl (C=O) groups excluding carboxylic acids is 2. The van der Waals surface area contributed by atoms with Gasteiger partial charge in [0.25, 0.3) is 0 Å². The minimum absolute atomic E-state index is 0.222. The predicted octanol–water partition coefficient (Wildman–Crippen LogP) is 2.82. The molecule has 1 atom stereocenters. The summed E-state index contributed by atoms with van der Waals surface area (Å²) in [5.74, 6) is -1.78. The first-order valence-corrected chi connectivity index (χ1v) is 7.08. The number of nitrogens with zero attached hydrogens (tertiary/aromatic N) is 1. The number of anilines is 2. The molecule has 4 nitrogen and oxygen atoms in total. The molecule has 2 aromatic carbocycles. The van der Waals surface area contributed by atoms with Gasteiger partial charge in [0.15, 0.2) is 0 Å². The van der Waals surface area contributed by atoms with Crippen molar-refractivity contribution in [2.45, 2.75) is 6.42 Å². The van der Waals surface area contributed by atoms with E-state index in [0.717, 1.165) is 5.69 Å². The van der Waals surface area contributed by atoms with Crippen LogP contribution in [0.5, 0.6) is 0 Å². The number of halogens is 1. The zero-order chi connectivity index (χ0) is 15.5. The van der Waals surface area contributed by atoms with Gasteiger partial charge in [0.1, 0.15) is 11.7 Å². The van der Waals surface area contributed by atoms with Crippen LogP contribution in [0.4, 0.5) is 15.8 Å². The van der Waals surface area contributed by atoms with Crippen molar-refractivity contribution in [2.75, 3.05) is 16.8 Å². The third kappa shape index (κ3) is 2.83. The van der Waals surface area contributed by atoms with E-state index >= 15 is 0 Å². The second-order valence-electron chi connectivity index (χ2n) is 5.17. The first-order chi connectivity index (χ1) is 10.6. The summed E-state index contributed by atoms with van der Waals surface area (Å²) in [4.78, 5) is 26.2. The molecule has 1 unspecified atom stereocenters. The quantitative estimate of drug-likeness (QED) is 0.886. The molecular weight excluding hydrogens is 283 g/mol. The highest BCUT2D eigenvalue weighted by Gasteiger charge is 2.37. The van der Waals surface area contributed by atoms with Gasteiger partial charge in [0, 0.05) is 17.9 Å². The maximum absolute atomic E-state index is 13.1. The lowest BCUT2D eigenvalue weighted by Crippen LogP contribution is -2.33. The number of rotatable bonds is 3. The van der Waals surface area contributed by atoms with Gasteiger partial charge < -0.3 is 10.2 Å². The summed E-state index contributed by atoms with van der Waals surface area (Å²) in [6.07, 6.45) is 0.453. The fourth-order valence-electron chi connectivity index (χ4n) is 2.58. The molecule has 1 saturated heterocycles. The van der Waals surface area contributed by atoms with Gasteiger partial charge >= 0.3 is 0 Å². The van der Waals surface area contributed by atoms with Crippen LogP contribution in [0.25, 0.3) is 0 Å². The Morgan fingerprint density at radius 2 is 1.91 bits per heavy atom. The van der Waals surface area contributed by atoms with Gasteiger partial charge in [-0.2, -0.15) is 0 Å². The summed E-state index contributed by atoms with van der Waals surface area (Å²) < 4.78 is 13.1. The molecule has 22 heavy (non-hydrogen) atoms. The van der Waals surface area contributed by atoms with Gasteiger partial charge in [0.05, 0.1) is 0 Å². The summed E-state index contributed by atoms with van der Waals surface area (Å²) in [6, 6.07) is 14.9. The highest BCUT2D eigenvalue weighted by Crippen LogP contribution is 2.26. The molecule has 0 radical (unpaired) electrons. The molecule has 1 fully saturated rings. The summed E-state index contributed by atoms with van der Waals surface area (Å²) in [5.41, 5.74) is 1.14. The minimum atomic E-state index is -0.733. The fraction of sp³-hybridized carbons (Fsp3) is 0.176. The van der Waals surface area contributed by atoms with E-state index in [-0.39, 0.29) is 5.91 Å². The number of hydrogen-bond acceptors (Lipinski definition) is 2. The molecule has 0 saturated carbocycles. The van der Waals surface area contributed by atoms with E-state index in [9.17, 15) is 14.0 Å². The van der Waals surface area contributed by atoms with Crippen molar-refractivity contribution < 1.29 is 14.0 Å². The van der Waals surface area contributed by atoms with Crippen LogP contribution < -0.4 is 10.2 Å². The van der Waals surface area contributed by atoms with E-state index < -0.39 is 17.6 Å². The number of para-hydroxylation sites is 1. The van der Waals surface area contributed by atoms with E-state index in [2.05, 4.69) is 5.32 Å². The van der Waals surface area contributed by atoms with Gasteiger partial charge in [0.2, 0.25) is 11.8 Å². The Bertz CT molecular complexity index is 703. The van der Waals surface area contributed by atoms with Crippen molar-refractivity contribution in [2.24, 2.45) is 5.92 Å². The Hall–Kier alpha value is -2.69. The predicted molar refractivity (Wildman–Crippen MR) is 81.9 cm³/mol. The molecule has 2 aromatic rings. The van der Waals surface area contributed by atoms with Crippen molar-refractivity contribution in [3.05, 3.63) is 60.4 Å². The van der Waals surface area contributed by atoms with E-state index in [0.29, 0.717) is 18.7 Å². The van der Waals surface area contributed by atoms with Crippen LogP contribution >= 0.6 is 0 Å². The fourth-order valence-corrected chi connectivity index (χ4v) is 2.58. The standard InChI is InChI=1S/C17H15FN2O2/c18-12-5-4-6-13(11-12)19-16(21)15-9-10-20(17(15)22)14-7-2-1-3-8-14/h1-8,11,15H,9-10H2,(H,19,21). The Balaban J connectivity index is 1.71. The maximum Gasteiger partial charge on any atom is 0.239 e. The number of benzene rings is 2. The van der Waals surface area contributed by atoms with Crippen LogP contribution in [0.1, 0.15) is 6.42 Å². The molecule has 2 amide bonds. The Kier molecular flexibility index (Phi) is 3.87. The van der Waals surface area contributed by atoms with Crippen molar-refractivity contribution in [1.29, 1.82) is 0 Å². The molecule has 5 heteroatoms. The molecule has 0 aliphatic carbocycles. The monoisotopic (exact) mass is 298 g/mol. The summed E-state index contributed by atoms with van der Waals surface area (Å²) in [6.45, 7) is 0.504.